The van der Waals surface area contributed by atoms with Crippen molar-refractivity contribution in [2.45, 2.75) is 18.4 Å². The Balaban J connectivity index is 2.45. The fourth-order valence-corrected chi connectivity index (χ4v) is 2.34. The van der Waals surface area contributed by atoms with Crippen LogP contribution in [-0.2, 0) is 10.3 Å². The minimum Gasteiger partial charge on any atom is -0.391 e. The van der Waals surface area contributed by atoms with Gasteiger partial charge in [-0.25, -0.2) is 0 Å². The summed E-state index contributed by atoms with van der Waals surface area (Å²) in [5, 5.41) is 0. The van der Waals surface area contributed by atoms with Gasteiger partial charge in [-0.3, -0.25) is 4.98 Å². The SMILES string of the molecule is COC(C(N)=S)(c1ccccn1)C1CC1. The summed E-state index contributed by atoms with van der Waals surface area (Å²) in [6.45, 7) is 0. The molecule has 3 nitrogen and oxygen atoms in total. The van der Waals surface area contributed by atoms with Crippen molar-refractivity contribution in [3.63, 3.8) is 0 Å². The van der Waals surface area contributed by atoms with Crippen LogP contribution in [0.15, 0.2) is 24.4 Å². The van der Waals surface area contributed by atoms with Crippen molar-refractivity contribution in [2.75, 3.05) is 7.11 Å². The average Bonchev–Trinajstić information content (AvgIpc) is 3.05. The zero-order valence-corrected chi connectivity index (χ0v) is 9.46. The van der Waals surface area contributed by atoms with Gasteiger partial charge in [0.1, 0.15) is 4.99 Å². The lowest BCUT2D eigenvalue weighted by molar-refractivity contribution is 0.0253. The molecular formula is C11H14N2OS. The van der Waals surface area contributed by atoms with Crippen molar-refractivity contribution < 1.29 is 4.74 Å². The largest absolute Gasteiger partial charge is 0.391 e. The molecule has 1 atom stereocenters. The zero-order chi connectivity index (χ0) is 10.9. The molecule has 0 radical (unpaired) electrons. The number of methoxy groups -OCH3 is 1. The summed E-state index contributed by atoms with van der Waals surface area (Å²) in [6.07, 6.45) is 3.94. The smallest absolute Gasteiger partial charge is 0.162 e. The number of hydrogen-bond donors (Lipinski definition) is 1. The van der Waals surface area contributed by atoms with Crippen LogP contribution in [0.4, 0.5) is 0 Å². The summed E-state index contributed by atoms with van der Waals surface area (Å²) in [6, 6.07) is 5.72. The van der Waals surface area contributed by atoms with Gasteiger partial charge in [-0.15, -0.1) is 0 Å². The molecule has 0 aromatic carbocycles. The van der Waals surface area contributed by atoms with E-state index in [0.29, 0.717) is 10.9 Å². The molecule has 0 aliphatic heterocycles. The van der Waals surface area contributed by atoms with Crippen LogP contribution in [0.1, 0.15) is 18.5 Å². The molecule has 1 unspecified atom stereocenters. The van der Waals surface area contributed by atoms with Gasteiger partial charge in [0.05, 0.1) is 5.69 Å². The van der Waals surface area contributed by atoms with Gasteiger partial charge in [-0.05, 0) is 25.0 Å². The van der Waals surface area contributed by atoms with Crippen molar-refractivity contribution in [1.82, 2.24) is 4.98 Å². The third kappa shape index (κ3) is 1.64. The maximum atomic E-state index is 5.82. The van der Waals surface area contributed by atoms with Gasteiger partial charge < -0.3 is 10.5 Å². The fraction of sp³-hybridized carbons (Fsp3) is 0.455. The average molecular weight is 222 g/mol. The highest BCUT2D eigenvalue weighted by Gasteiger charge is 2.50. The highest BCUT2D eigenvalue weighted by molar-refractivity contribution is 7.80. The van der Waals surface area contributed by atoms with E-state index in [1.807, 2.05) is 18.2 Å². The summed E-state index contributed by atoms with van der Waals surface area (Å²) in [7, 11) is 1.64. The third-order valence-corrected chi connectivity index (χ3v) is 3.19. The Kier molecular flexibility index (Phi) is 2.71. The topological polar surface area (TPSA) is 48.1 Å². The first kappa shape index (κ1) is 10.5. The van der Waals surface area contributed by atoms with Gasteiger partial charge >= 0.3 is 0 Å². The van der Waals surface area contributed by atoms with E-state index in [0.717, 1.165) is 18.5 Å². The maximum absolute atomic E-state index is 5.82. The fourth-order valence-electron chi connectivity index (χ4n) is 1.98. The third-order valence-electron chi connectivity index (χ3n) is 2.89. The lowest BCUT2D eigenvalue weighted by Gasteiger charge is -2.30. The van der Waals surface area contributed by atoms with Crippen molar-refractivity contribution in [3.8, 4) is 0 Å². The maximum Gasteiger partial charge on any atom is 0.162 e. The molecule has 1 aromatic rings. The van der Waals surface area contributed by atoms with E-state index >= 15 is 0 Å². The number of hydrogen-bond acceptors (Lipinski definition) is 3. The first-order valence-corrected chi connectivity index (χ1v) is 5.39. The molecule has 1 saturated carbocycles. The molecule has 2 rings (SSSR count). The molecule has 4 heteroatoms. The van der Waals surface area contributed by atoms with Crippen LogP contribution in [0.2, 0.25) is 0 Å². The second-order valence-corrected chi connectivity index (χ2v) is 4.23. The van der Waals surface area contributed by atoms with Crippen LogP contribution in [0.3, 0.4) is 0 Å². The number of rotatable bonds is 4. The van der Waals surface area contributed by atoms with Gasteiger partial charge in [-0.2, -0.15) is 0 Å². The number of ether oxygens (including phenoxy) is 1. The van der Waals surface area contributed by atoms with Gasteiger partial charge in [0.2, 0.25) is 0 Å². The number of thiocarbonyl (C=S) groups is 1. The Bertz CT molecular complexity index is 364. The molecule has 80 valence electrons. The first-order chi connectivity index (χ1) is 7.21. The van der Waals surface area contributed by atoms with Crippen molar-refractivity contribution >= 4 is 17.2 Å². The van der Waals surface area contributed by atoms with Crippen molar-refractivity contribution in [2.24, 2.45) is 11.7 Å². The van der Waals surface area contributed by atoms with E-state index in [1.54, 1.807) is 13.3 Å². The Morgan fingerprint density at radius 3 is 2.73 bits per heavy atom. The molecule has 1 aromatic heterocycles. The van der Waals surface area contributed by atoms with Crippen molar-refractivity contribution in [1.29, 1.82) is 0 Å². The molecule has 0 bridgehead atoms. The predicted octanol–water partition coefficient (Wildman–Crippen LogP) is 1.62. The van der Waals surface area contributed by atoms with Crippen LogP contribution in [0.5, 0.6) is 0 Å². The number of nitrogens with two attached hydrogens (primary N) is 1. The Morgan fingerprint density at radius 2 is 2.33 bits per heavy atom. The van der Waals surface area contributed by atoms with Gasteiger partial charge in [0.15, 0.2) is 5.60 Å². The lowest BCUT2D eigenvalue weighted by Crippen LogP contribution is -2.44. The summed E-state index contributed by atoms with van der Waals surface area (Å²) >= 11 is 5.14. The highest BCUT2D eigenvalue weighted by atomic mass is 32.1. The van der Waals surface area contributed by atoms with Crippen molar-refractivity contribution in [3.05, 3.63) is 30.1 Å². The monoisotopic (exact) mass is 222 g/mol. The van der Waals surface area contributed by atoms with E-state index in [-0.39, 0.29) is 0 Å². The van der Waals surface area contributed by atoms with Gasteiger partial charge in [-0.1, -0.05) is 18.3 Å². The Morgan fingerprint density at radius 1 is 1.60 bits per heavy atom. The van der Waals surface area contributed by atoms with E-state index in [2.05, 4.69) is 4.98 Å². The zero-order valence-electron chi connectivity index (χ0n) is 8.64. The molecular weight excluding hydrogens is 208 g/mol. The summed E-state index contributed by atoms with van der Waals surface area (Å²) in [4.78, 5) is 4.69. The van der Waals surface area contributed by atoms with Gasteiger partial charge in [0.25, 0.3) is 0 Å². The molecule has 1 heterocycles. The minimum absolute atomic E-state index is 0.381. The van der Waals surface area contributed by atoms with Crippen LogP contribution >= 0.6 is 12.2 Å². The molecule has 0 amide bonds. The van der Waals surface area contributed by atoms with Crippen LogP contribution < -0.4 is 5.73 Å². The van der Waals surface area contributed by atoms with Crippen LogP contribution in [0, 0.1) is 5.92 Å². The molecule has 15 heavy (non-hydrogen) atoms. The molecule has 2 N–H and O–H groups in total. The summed E-state index contributed by atoms with van der Waals surface area (Å²) in [5.41, 5.74) is 5.99. The van der Waals surface area contributed by atoms with E-state index in [1.165, 1.54) is 0 Å². The Hall–Kier alpha value is -1.00. The van der Waals surface area contributed by atoms with E-state index < -0.39 is 5.60 Å². The van der Waals surface area contributed by atoms with Gasteiger partial charge in [0, 0.05) is 19.2 Å². The Labute approximate surface area is 94.6 Å². The normalized spacial score (nSPS) is 19.5. The summed E-state index contributed by atoms with van der Waals surface area (Å²) in [5.74, 6) is 0.384. The summed E-state index contributed by atoms with van der Waals surface area (Å²) < 4.78 is 5.58. The number of pyridine rings is 1. The predicted molar refractivity (Wildman–Crippen MR) is 62.4 cm³/mol. The molecule has 1 aliphatic rings. The first-order valence-electron chi connectivity index (χ1n) is 4.98. The molecule has 1 fully saturated rings. The van der Waals surface area contributed by atoms with Crippen LogP contribution in [-0.4, -0.2) is 17.1 Å². The van der Waals surface area contributed by atoms with E-state index in [9.17, 15) is 0 Å². The molecule has 0 saturated heterocycles. The highest BCUT2D eigenvalue weighted by Crippen LogP contribution is 2.47. The quantitative estimate of drug-likeness (QED) is 0.786. The van der Waals surface area contributed by atoms with E-state index in [4.69, 9.17) is 22.7 Å². The lowest BCUT2D eigenvalue weighted by atomic mass is 9.92. The molecule has 0 spiro atoms. The standard InChI is InChI=1S/C11H14N2OS/c1-14-11(10(12)15,8-5-6-8)9-4-2-3-7-13-9/h2-4,7-8H,5-6H2,1H3,(H2,12,15). The molecule has 1 aliphatic carbocycles. The van der Waals surface area contributed by atoms with Crippen LogP contribution in [0.25, 0.3) is 0 Å². The second kappa shape index (κ2) is 3.87. The second-order valence-electron chi connectivity index (χ2n) is 3.79. The number of nitrogens with zero attached hydrogens (tertiary/aromatic N) is 1. The minimum atomic E-state index is -0.656. The number of aromatic nitrogens is 1.